The predicted octanol–water partition coefficient (Wildman–Crippen LogP) is 5.11. The lowest BCUT2D eigenvalue weighted by molar-refractivity contribution is 0.0220. The fourth-order valence-corrected chi connectivity index (χ4v) is 7.25. The van der Waals surface area contributed by atoms with E-state index in [2.05, 4.69) is 30.6 Å². The average molecular weight is 449 g/mol. The standard InChI is InChI=1S/C28H56N4/c1-4-23-7-9-24(10-8-23)20-25-11-12-26(30)21-27(25)28(13-14-29)32-18-16-31(17-19-32)15-5-6-22(2)3/h22-28H,4-21,29-30H2,1-3H3. The third-order valence-electron chi connectivity index (χ3n) is 9.36. The highest BCUT2D eigenvalue weighted by Crippen LogP contribution is 2.42. The van der Waals surface area contributed by atoms with E-state index in [1.807, 2.05) is 0 Å². The molecule has 2 aliphatic carbocycles. The summed E-state index contributed by atoms with van der Waals surface area (Å²) in [6.45, 7) is 14.1. The van der Waals surface area contributed by atoms with Gasteiger partial charge in [-0.05, 0) is 87.6 Å². The Labute approximate surface area is 200 Å². The molecule has 0 aromatic carbocycles. The van der Waals surface area contributed by atoms with E-state index in [9.17, 15) is 0 Å². The minimum absolute atomic E-state index is 0.407. The number of nitrogens with two attached hydrogens (primary N) is 2. The summed E-state index contributed by atoms with van der Waals surface area (Å²) in [5.74, 6) is 4.44. The van der Waals surface area contributed by atoms with Gasteiger partial charge >= 0.3 is 0 Å². The van der Waals surface area contributed by atoms with Gasteiger partial charge in [0.15, 0.2) is 0 Å². The topological polar surface area (TPSA) is 58.5 Å². The molecule has 4 nitrogen and oxygen atoms in total. The summed E-state index contributed by atoms with van der Waals surface area (Å²) in [6, 6.07) is 1.06. The summed E-state index contributed by atoms with van der Waals surface area (Å²) in [7, 11) is 0. The van der Waals surface area contributed by atoms with Crippen molar-refractivity contribution in [1.82, 2.24) is 9.80 Å². The van der Waals surface area contributed by atoms with Crippen LogP contribution in [0.5, 0.6) is 0 Å². The van der Waals surface area contributed by atoms with Crippen LogP contribution in [0.2, 0.25) is 0 Å². The van der Waals surface area contributed by atoms with Gasteiger partial charge in [-0.15, -0.1) is 0 Å². The third kappa shape index (κ3) is 7.96. The molecule has 0 aromatic heterocycles. The van der Waals surface area contributed by atoms with Crippen molar-refractivity contribution >= 4 is 0 Å². The molecule has 0 spiro atoms. The summed E-state index contributed by atoms with van der Waals surface area (Å²) in [5.41, 5.74) is 12.8. The van der Waals surface area contributed by atoms with Gasteiger partial charge in [0.05, 0.1) is 0 Å². The fourth-order valence-electron chi connectivity index (χ4n) is 7.25. The SMILES string of the molecule is CCC1CCC(CC2CCC(N)CC2C(CCN)N2CCN(CCCC(C)C)CC2)CC1. The van der Waals surface area contributed by atoms with Crippen molar-refractivity contribution < 1.29 is 0 Å². The third-order valence-corrected chi connectivity index (χ3v) is 9.36. The maximum atomic E-state index is 6.56. The first kappa shape index (κ1) is 26.4. The molecule has 0 aromatic rings. The highest BCUT2D eigenvalue weighted by molar-refractivity contribution is 4.93. The van der Waals surface area contributed by atoms with E-state index in [4.69, 9.17) is 11.5 Å². The maximum Gasteiger partial charge on any atom is 0.0140 e. The molecule has 1 heterocycles. The van der Waals surface area contributed by atoms with Crippen molar-refractivity contribution in [2.45, 2.75) is 110 Å². The Morgan fingerprint density at radius 3 is 2.19 bits per heavy atom. The van der Waals surface area contributed by atoms with Gasteiger partial charge in [-0.1, -0.05) is 52.9 Å². The highest BCUT2D eigenvalue weighted by Gasteiger charge is 2.39. The monoisotopic (exact) mass is 448 g/mol. The van der Waals surface area contributed by atoms with Crippen molar-refractivity contribution in [2.24, 2.45) is 41.1 Å². The molecule has 4 unspecified atom stereocenters. The predicted molar refractivity (Wildman–Crippen MR) is 139 cm³/mol. The molecule has 2 saturated carbocycles. The van der Waals surface area contributed by atoms with Crippen LogP contribution in [-0.2, 0) is 0 Å². The van der Waals surface area contributed by atoms with Crippen LogP contribution in [0.15, 0.2) is 0 Å². The van der Waals surface area contributed by atoms with Gasteiger partial charge in [0.25, 0.3) is 0 Å². The molecule has 4 N–H and O–H groups in total. The number of hydrogen-bond acceptors (Lipinski definition) is 4. The molecule has 0 bridgehead atoms. The van der Waals surface area contributed by atoms with Gasteiger partial charge in [-0.2, -0.15) is 0 Å². The van der Waals surface area contributed by atoms with E-state index in [-0.39, 0.29) is 0 Å². The molecule has 3 fully saturated rings. The molecule has 4 heteroatoms. The quantitative estimate of drug-likeness (QED) is 0.461. The fraction of sp³-hybridized carbons (Fsp3) is 1.00. The van der Waals surface area contributed by atoms with Gasteiger partial charge in [0.1, 0.15) is 0 Å². The van der Waals surface area contributed by atoms with E-state index in [1.165, 1.54) is 103 Å². The maximum absolute atomic E-state index is 6.56. The molecular formula is C28H56N4. The Hall–Kier alpha value is -0.160. The highest BCUT2D eigenvalue weighted by atomic mass is 15.3. The summed E-state index contributed by atoms with van der Waals surface area (Å²) in [6.07, 6.45) is 16.4. The molecule has 0 radical (unpaired) electrons. The lowest BCUT2D eigenvalue weighted by Crippen LogP contribution is -2.55. The van der Waals surface area contributed by atoms with Gasteiger partial charge in [0.2, 0.25) is 0 Å². The van der Waals surface area contributed by atoms with E-state index in [0.717, 1.165) is 42.6 Å². The Morgan fingerprint density at radius 2 is 1.56 bits per heavy atom. The Balaban J connectivity index is 1.56. The molecule has 0 amide bonds. The Bertz CT molecular complexity index is 494. The van der Waals surface area contributed by atoms with Crippen molar-refractivity contribution in [2.75, 3.05) is 39.3 Å². The summed E-state index contributed by atoms with van der Waals surface area (Å²) in [5, 5.41) is 0. The van der Waals surface area contributed by atoms with Crippen LogP contribution in [0.4, 0.5) is 0 Å². The van der Waals surface area contributed by atoms with Crippen molar-refractivity contribution in [1.29, 1.82) is 0 Å². The van der Waals surface area contributed by atoms with E-state index in [1.54, 1.807) is 0 Å². The first-order chi connectivity index (χ1) is 15.5. The second-order valence-corrected chi connectivity index (χ2v) is 12.1. The van der Waals surface area contributed by atoms with E-state index in [0.29, 0.717) is 12.1 Å². The number of piperazine rings is 1. The zero-order valence-electron chi connectivity index (χ0n) is 21.8. The minimum Gasteiger partial charge on any atom is -0.330 e. The number of hydrogen-bond donors (Lipinski definition) is 2. The van der Waals surface area contributed by atoms with Crippen LogP contribution in [0.25, 0.3) is 0 Å². The largest absolute Gasteiger partial charge is 0.330 e. The molecule has 1 saturated heterocycles. The van der Waals surface area contributed by atoms with Crippen LogP contribution in [0.1, 0.15) is 97.8 Å². The van der Waals surface area contributed by atoms with Gasteiger partial charge < -0.3 is 16.4 Å². The van der Waals surface area contributed by atoms with Crippen LogP contribution < -0.4 is 11.5 Å². The van der Waals surface area contributed by atoms with E-state index >= 15 is 0 Å². The second-order valence-electron chi connectivity index (χ2n) is 12.1. The lowest BCUT2D eigenvalue weighted by atomic mass is 9.67. The lowest BCUT2D eigenvalue weighted by Gasteiger charge is -2.48. The van der Waals surface area contributed by atoms with Gasteiger partial charge in [-0.3, -0.25) is 4.90 Å². The number of rotatable bonds is 11. The Morgan fingerprint density at radius 1 is 0.875 bits per heavy atom. The van der Waals surface area contributed by atoms with Gasteiger partial charge in [-0.25, -0.2) is 0 Å². The number of nitrogens with zero attached hydrogens (tertiary/aromatic N) is 2. The first-order valence-electron chi connectivity index (χ1n) is 14.4. The molecular weight excluding hydrogens is 392 g/mol. The molecule has 4 atom stereocenters. The van der Waals surface area contributed by atoms with Crippen molar-refractivity contribution in [3.05, 3.63) is 0 Å². The molecule has 188 valence electrons. The van der Waals surface area contributed by atoms with Crippen molar-refractivity contribution in [3.8, 4) is 0 Å². The molecule has 1 aliphatic heterocycles. The van der Waals surface area contributed by atoms with Crippen LogP contribution >= 0.6 is 0 Å². The minimum atomic E-state index is 0.407. The summed E-state index contributed by atoms with van der Waals surface area (Å²) < 4.78 is 0. The summed E-state index contributed by atoms with van der Waals surface area (Å²) >= 11 is 0. The zero-order chi connectivity index (χ0) is 22.9. The Kier molecular flexibility index (Phi) is 11.3. The van der Waals surface area contributed by atoms with Crippen LogP contribution in [0.3, 0.4) is 0 Å². The normalized spacial score (nSPS) is 34.1. The zero-order valence-corrected chi connectivity index (χ0v) is 21.8. The average Bonchev–Trinajstić information content (AvgIpc) is 2.79. The van der Waals surface area contributed by atoms with Gasteiger partial charge in [0, 0.05) is 38.3 Å². The van der Waals surface area contributed by atoms with Crippen LogP contribution in [-0.4, -0.2) is 61.2 Å². The second kappa shape index (κ2) is 13.7. The molecule has 32 heavy (non-hydrogen) atoms. The first-order valence-corrected chi connectivity index (χ1v) is 14.4. The van der Waals surface area contributed by atoms with Crippen LogP contribution in [0, 0.1) is 29.6 Å². The molecule has 3 rings (SSSR count). The molecule has 3 aliphatic rings. The summed E-state index contributed by atoms with van der Waals surface area (Å²) in [4.78, 5) is 5.53. The van der Waals surface area contributed by atoms with Crippen molar-refractivity contribution in [3.63, 3.8) is 0 Å². The smallest absolute Gasteiger partial charge is 0.0140 e. The van der Waals surface area contributed by atoms with E-state index < -0.39 is 0 Å².